The normalized spacial score (nSPS) is 10.5. The van der Waals surface area contributed by atoms with Crippen LogP contribution in [0, 0.1) is 0 Å². The molecule has 0 aliphatic heterocycles. The molecule has 0 saturated carbocycles. The Balaban J connectivity index is 2.09. The molecule has 0 bridgehead atoms. The second-order valence-electron chi connectivity index (χ2n) is 4.78. The lowest BCUT2D eigenvalue weighted by molar-refractivity contribution is 0.0923. The second kappa shape index (κ2) is 5.81. The molecule has 3 aromatic rings. The van der Waals surface area contributed by atoms with Gasteiger partial charge in [-0.3, -0.25) is 4.79 Å². The largest absolute Gasteiger partial charge is 0.497 e. The van der Waals surface area contributed by atoms with Gasteiger partial charge in [-0.05, 0) is 24.3 Å². The van der Waals surface area contributed by atoms with E-state index in [4.69, 9.17) is 4.74 Å². The van der Waals surface area contributed by atoms with Crippen LogP contribution in [-0.2, 0) is 0 Å². The van der Waals surface area contributed by atoms with E-state index in [0.717, 1.165) is 16.9 Å². The molecule has 0 saturated heterocycles. The van der Waals surface area contributed by atoms with Crippen LogP contribution in [0.2, 0.25) is 0 Å². The molecule has 0 fully saturated rings. The van der Waals surface area contributed by atoms with Crippen molar-refractivity contribution in [1.82, 2.24) is 14.8 Å². The van der Waals surface area contributed by atoms with Crippen molar-refractivity contribution in [2.24, 2.45) is 0 Å². The summed E-state index contributed by atoms with van der Waals surface area (Å²) in [5.74, 6) is 1.62. The molecule has 0 amide bonds. The maximum Gasteiger partial charge on any atom is 0.245 e. The molecule has 110 valence electrons. The SMILES string of the molecule is COc1ccc(-c2nc(-c3ccccc3)nn2C(C)=O)cc1. The number of methoxy groups -OCH3 is 1. The molecule has 5 nitrogen and oxygen atoms in total. The highest BCUT2D eigenvalue weighted by atomic mass is 16.5. The number of ether oxygens (including phenoxy) is 1. The summed E-state index contributed by atoms with van der Waals surface area (Å²) in [6.45, 7) is 1.47. The van der Waals surface area contributed by atoms with Crippen molar-refractivity contribution in [1.29, 1.82) is 0 Å². The molecule has 1 heterocycles. The molecular weight excluding hydrogens is 278 g/mol. The van der Waals surface area contributed by atoms with Crippen LogP contribution in [0.3, 0.4) is 0 Å². The molecule has 0 spiro atoms. The van der Waals surface area contributed by atoms with Crippen LogP contribution < -0.4 is 4.74 Å². The van der Waals surface area contributed by atoms with Crippen molar-refractivity contribution in [3.8, 4) is 28.5 Å². The van der Waals surface area contributed by atoms with Gasteiger partial charge in [0, 0.05) is 18.1 Å². The van der Waals surface area contributed by atoms with Crippen molar-refractivity contribution >= 4 is 5.91 Å². The minimum atomic E-state index is -0.180. The van der Waals surface area contributed by atoms with E-state index < -0.39 is 0 Å². The number of rotatable bonds is 3. The zero-order valence-electron chi connectivity index (χ0n) is 12.4. The molecule has 1 aromatic heterocycles. The summed E-state index contributed by atoms with van der Waals surface area (Å²) in [6, 6.07) is 17.0. The van der Waals surface area contributed by atoms with E-state index in [2.05, 4.69) is 10.1 Å². The topological polar surface area (TPSA) is 57.0 Å². The fourth-order valence-electron chi connectivity index (χ4n) is 2.17. The highest BCUT2D eigenvalue weighted by molar-refractivity contribution is 5.81. The summed E-state index contributed by atoms with van der Waals surface area (Å²) in [5, 5.41) is 4.32. The number of carbonyl (C=O) groups excluding carboxylic acids is 1. The van der Waals surface area contributed by atoms with Crippen molar-refractivity contribution in [2.75, 3.05) is 7.11 Å². The van der Waals surface area contributed by atoms with Crippen LogP contribution in [-0.4, -0.2) is 27.8 Å². The minimum absolute atomic E-state index is 0.180. The fraction of sp³-hybridized carbons (Fsp3) is 0.118. The zero-order chi connectivity index (χ0) is 15.5. The molecule has 3 rings (SSSR count). The Morgan fingerprint density at radius 2 is 1.68 bits per heavy atom. The van der Waals surface area contributed by atoms with Crippen LogP contribution in [0.15, 0.2) is 54.6 Å². The van der Waals surface area contributed by atoms with E-state index in [-0.39, 0.29) is 5.91 Å². The molecule has 2 aromatic carbocycles. The molecule has 0 radical (unpaired) electrons. The van der Waals surface area contributed by atoms with E-state index in [1.165, 1.54) is 11.6 Å². The van der Waals surface area contributed by atoms with E-state index in [0.29, 0.717) is 11.6 Å². The van der Waals surface area contributed by atoms with E-state index in [9.17, 15) is 4.79 Å². The summed E-state index contributed by atoms with van der Waals surface area (Å²) in [5.41, 5.74) is 1.68. The van der Waals surface area contributed by atoms with Crippen LogP contribution in [0.5, 0.6) is 5.75 Å². The molecule has 0 unspecified atom stereocenters. The van der Waals surface area contributed by atoms with Crippen molar-refractivity contribution in [2.45, 2.75) is 6.92 Å². The summed E-state index contributed by atoms with van der Waals surface area (Å²) >= 11 is 0. The van der Waals surface area contributed by atoms with E-state index >= 15 is 0 Å². The Bertz CT molecular complexity index is 793. The van der Waals surface area contributed by atoms with Gasteiger partial charge in [0.2, 0.25) is 5.91 Å². The predicted molar refractivity (Wildman–Crippen MR) is 83.7 cm³/mol. The first-order valence-corrected chi connectivity index (χ1v) is 6.87. The third-order valence-corrected chi connectivity index (χ3v) is 3.29. The molecule has 0 atom stereocenters. The predicted octanol–water partition coefficient (Wildman–Crippen LogP) is 3.28. The van der Waals surface area contributed by atoms with Gasteiger partial charge >= 0.3 is 0 Å². The second-order valence-corrected chi connectivity index (χ2v) is 4.78. The van der Waals surface area contributed by atoms with Crippen molar-refractivity contribution < 1.29 is 9.53 Å². The average Bonchev–Trinajstić information content (AvgIpc) is 3.01. The number of carbonyl (C=O) groups is 1. The van der Waals surface area contributed by atoms with Gasteiger partial charge in [0.15, 0.2) is 11.6 Å². The summed E-state index contributed by atoms with van der Waals surface area (Å²) in [7, 11) is 1.61. The number of hydrogen-bond donors (Lipinski definition) is 0. The fourth-order valence-corrected chi connectivity index (χ4v) is 2.17. The van der Waals surface area contributed by atoms with Gasteiger partial charge in [-0.25, -0.2) is 4.98 Å². The number of nitrogens with zero attached hydrogens (tertiary/aromatic N) is 3. The molecule has 22 heavy (non-hydrogen) atoms. The Kier molecular flexibility index (Phi) is 3.70. The van der Waals surface area contributed by atoms with E-state index in [1.54, 1.807) is 7.11 Å². The first-order chi connectivity index (χ1) is 10.7. The maximum atomic E-state index is 11.8. The van der Waals surface area contributed by atoms with Gasteiger partial charge < -0.3 is 4.74 Å². The number of aromatic nitrogens is 3. The Morgan fingerprint density at radius 3 is 2.27 bits per heavy atom. The number of benzene rings is 2. The standard InChI is InChI=1S/C17H15N3O2/c1-12(21)20-17(14-8-10-15(22-2)11-9-14)18-16(19-20)13-6-4-3-5-7-13/h3-11H,1-2H3. The Hall–Kier alpha value is -2.95. The van der Waals surface area contributed by atoms with Gasteiger partial charge in [-0.15, -0.1) is 5.10 Å². The van der Waals surface area contributed by atoms with Gasteiger partial charge in [0.25, 0.3) is 0 Å². The van der Waals surface area contributed by atoms with Crippen LogP contribution in [0.4, 0.5) is 0 Å². The molecule has 0 aliphatic rings. The average molecular weight is 293 g/mol. The third kappa shape index (κ3) is 2.61. The third-order valence-electron chi connectivity index (χ3n) is 3.29. The lowest BCUT2D eigenvalue weighted by atomic mass is 10.2. The zero-order valence-corrected chi connectivity index (χ0v) is 12.4. The van der Waals surface area contributed by atoms with Gasteiger partial charge in [0.1, 0.15) is 5.75 Å². The smallest absolute Gasteiger partial charge is 0.245 e. The van der Waals surface area contributed by atoms with Crippen molar-refractivity contribution in [3.63, 3.8) is 0 Å². The lowest BCUT2D eigenvalue weighted by Crippen LogP contribution is -2.09. The first kappa shape index (κ1) is 14.0. The summed E-state index contributed by atoms with van der Waals surface area (Å²) in [4.78, 5) is 16.4. The minimum Gasteiger partial charge on any atom is -0.497 e. The highest BCUT2D eigenvalue weighted by Gasteiger charge is 2.16. The monoisotopic (exact) mass is 293 g/mol. The molecular formula is C17H15N3O2. The Labute approximate surface area is 128 Å². The summed E-state index contributed by atoms with van der Waals surface area (Å²) < 4.78 is 6.47. The van der Waals surface area contributed by atoms with Crippen LogP contribution in [0.1, 0.15) is 11.7 Å². The summed E-state index contributed by atoms with van der Waals surface area (Å²) in [6.07, 6.45) is 0. The van der Waals surface area contributed by atoms with Gasteiger partial charge in [-0.1, -0.05) is 30.3 Å². The molecule has 0 N–H and O–H groups in total. The lowest BCUT2D eigenvalue weighted by Gasteiger charge is -2.03. The molecule has 5 heteroatoms. The highest BCUT2D eigenvalue weighted by Crippen LogP contribution is 2.24. The maximum absolute atomic E-state index is 11.8. The first-order valence-electron chi connectivity index (χ1n) is 6.87. The van der Waals surface area contributed by atoms with Gasteiger partial charge in [0.05, 0.1) is 7.11 Å². The number of hydrogen-bond acceptors (Lipinski definition) is 4. The van der Waals surface area contributed by atoms with E-state index in [1.807, 2.05) is 54.6 Å². The van der Waals surface area contributed by atoms with Crippen LogP contribution >= 0.6 is 0 Å². The van der Waals surface area contributed by atoms with Crippen molar-refractivity contribution in [3.05, 3.63) is 54.6 Å². The Morgan fingerprint density at radius 1 is 1.00 bits per heavy atom. The molecule has 0 aliphatic carbocycles. The van der Waals surface area contributed by atoms with Crippen LogP contribution in [0.25, 0.3) is 22.8 Å². The van der Waals surface area contributed by atoms with Gasteiger partial charge in [-0.2, -0.15) is 4.68 Å². The quantitative estimate of drug-likeness (QED) is 0.743.